The molecule has 1 saturated heterocycles. The number of rotatable bonds is 3. The predicted molar refractivity (Wildman–Crippen MR) is 63.1 cm³/mol. The van der Waals surface area contributed by atoms with Crippen LogP contribution in [0.2, 0.25) is 0 Å². The van der Waals surface area contributed by atoms with E-state index < -0.39 is 0 Å². The standard InChI is InChI=1S/C14H15FO2/c1-3-4-12-13(9(2)14(16)17-12)10-5-7-11(15)8-6-10/h5-8,12-13H,2-4H2,1H3/t12-,13+/m0/s1. The van der Waals surface area contributed by atoms with Crippen LogP contribution in [0.3, 0.4) is 0 Å². The van der Waals surface area contributed by atoms with Gasteiger partial charge in [-0.2, -0.15) is 0 Å². The molecule has 2 nitrogen and oxygen atoms in total. The Morgan fingerprint density at radius 1 is 1.35 bits per heavy atom. The summed E-state index contributed by atoms with van der Waals surface area (Å²) in [7, 11) is 0. The number of hydrogen-bond donors (Lipinski definition) is 0. The third-order valence-electron chi connectivity index (χ3n) is 3.07. The molecule has 3 heteroatoms. The number of hydrogen-bond acceptors (Lipinski definition) is 2. The molecule has 1 aliphatic heterocycles. The first-order chi connectivity index (χ1) is 8.13. The van der Waals surface area contributed by atoms with Gasteiger partial charge in [-0.25, -0.2) is 9.18 Å². The third-order valence-corrected chi connectivity index (χ3v) is 3.07. The number of esters is 1. The highest BCUT2D eigenvalue weighted by atomic mass is 19.1. The summed E-state index contributed by atoms with van der Waals surface area (Å²) < 4.78 is 18.2. The summed E-state index contributed by atoms with van der Waals surface area (Å²) in [6, 6.07) is 6.18. The minimum absolute atomic E-state index is 0.136. The van der Waals surface area contributed by atoms with Crippen molar-refractivity contribution in [3.63, 3.8) is 0 Å². The summed E-state index contributed by atoms with van der Waals surface area (Å²) in [5.41, 5.74) is 1.36. The van der Waals surface area contributed by atoms with Gasteiger partial charge < -0.3 is 4.74 Å². The molecule has 1 heterocycles. The van der Waals surface area contributed by atoms with Crippen molar-refractivity contribution >= 4 is 5.97 Å². The largest absolute Gasteiger partial charge is 0.458 e. The van der Waals surface area contributed by atoms with Gasteiger partial charge in [0.1, 0.15) is 11.9 Å². The van der Waals surface area contributed by atoms with Crippen LogP contribution in [0.25, 0.3) is 0 Å². The molecule has 2 rings (SSSR count). The molecular formula is C14H15FO2. The fourth-order valence-corrected chi connectivity index (χ4v) is 2.23. The summed E-state index contributed by atoms with van der Waals surface area (Å²) in [5, 5.41) is 0. The van der Waals surface area contributed by atoms with Crippen LogP contribution < -0.4 is 0 Å². The van der Waals surface area contributed by atoms with Gasteiger partial charge in [0.05, 0.1) is 5.92 Å². The molecular weight excluding hydrogens is 219 g/mol. The van der Waals surface area contributed by atoms with Crippen molar-refractivity contribution in [3.8, 4) is 0 Å². The molecule has 0 unspecified atom stereocenters. The average Bonchev–Trinajstić information content (AvgIpc) is 2.57. The number of ether oxygens (including phenoxy) is 1. The van der Waals surface area contributed by atoms with Crippen molar-refractivity contribution in [2.45, 2.75) is 31.8 Å². The van der Waals surface area contributed by atoms with Gasteiger partial charge in [-0.15, -0.1) is 0 Å². The smallest absolute Gasteiger partial charge is 0.334 e. The Hall–Kier alpha value is -1.64. The summed E-state index contributed by atoms with van der Waals surface area (Å²) in [6.45, 7) is 5.82. The Labute approximate surface area is 100 Å². The lowest BCUT2D eigenvalue weighted by Gasteiger charge is -2.17. The molecule has 0 aromatic heterocycles. The van der Waals surface area contributed by atoms with Crippen LogP contribution in [0.15, 0.2) is 36.4 Å². The van der Waals surface area contributed by atoms with Gasteiger partial charge in [-0.3, -0.25) is 0 Å². The molecule has 0 saturated carbocycles. The van der Waals surface area contributed by atoms with E-state index in [1.54, 1.807) is 12.1 Å². The SMILES string of the molecule is C=C1C(=O)O[C@@H](CCC)[C@H]1c1ccc(F)cc1. The van der Waals surface area contributed by atoms with Crippen LogP contribution in [-0.4, -0.2) is 12.1 Å². The lowest BCUT2D eigenvalue weighted by atomic mass is 9.87. The van der Waals surface area contributed by atoms with Crippen LogP contribution in [-0.2, 0) is 9.53 Å². The second-order valence-electron chi connectivity index (χ2n) is 4.29. The van der Waals surface area contributed by atoms with Crippen molar-refractivity contribution in [2.24, 2.45) is 0 Å². The van der Waals surface area contributed by atoms with Gasteiger partial charge in [-0.05, 0) is 24.1 Å². The first-order valence-corrected chi connectivity index (χ1v) is 5.78. The first-order valence-electron chi connectivity index (χ1n) is 5.78. The minimum atomic E-state index is -0.335. The summed E-state index contributed by atoms with van der Waals surface area (Å²) in [6.07, 6.45) is 1.57. The van der Waals surface area contributed by atoms with Crippen LogP contribution >= 0.6 is 0 Å². The van der Waals surface area contributed by atoms with E-state index in [4.69, 9.17) is 4.74 Å². The van der Waals surface area contributed by atoms with Gasteiger partial charge >= 0.3 is 5.97 Å². The highest BCUT2D eigenvalue weighted by Gasteiger charge is 2.38. The number of halogens is 1. The van der Waals surface area contributed by atoms with Crippen LogP contribution in [0.4, 0.5) is 4.39 Å². The fraction of sp³-hybridized carbons (Fsp3) is 0.357. The molecule has 1 aromatic rings. The Kier molecular flexibility index (Phi) is 3.27. The van der Waals surface area contributed by atoms with Crippen molar-refractivity contribution < 1.29 is 13.9 Å². The summed E-state index contributed by atoms with van der Waals surface area (Å²) in [5.74, 6) is -0.752. The van der Waals surface area contributed by atoms with Gasteiger partial charge in [0.15, 0.2) is 0 Å². The molecule has 0 aliphatic carbocycles. The van der Waals surface area contributed by atoms with Crippen molar-refractivity contribution in [2.75, 3.05) is 0 Å². The van der Waals surface area contributed by atoms with Gasteiger partial charge in [0.25, 0.3) is 0 Å². The van der Waals surface area contributed by atoms with Crippen LogP contribution in [0.5, 0.6) is 0 Å². The molecule has 1 aliphatic rings. The van der Waals surface area contributed by atoms with E-state index in [0.717, 1.165) is 18.4 Å². The van der Waals surface area contributed by atoms with E-state index in [2.05, 4.69) is 6.58 Å². The maximum Gasteiger partial charge on any atom is 0.334 e. The topological polar surface area (TPSA) is 26.3 Å². The predicted octanol–water partition coefficient (Wildman–Crippen LogP) is 3.19. The van der Waals surface area contributed by atoms with E-state index in [1.807, 2.05) is 6.92 Å². The zero-order valence-corrected chi connectivity index (χ0v) is 9.78. The lowest BCUT2D eigenvalue weighted by molar-refractivity contribution is -0.139. The van der Waals surface area contributed by atoms with E-state index in [-0.39, 0.29) is 23.8 Å². The highest BCUT2D eigenvalue weighted by molar-refractivity contribution is 5.92. The zero-order valence-electron chi connectivity index (χ0n) is 9.78. The van der Waals surface area contributed by atoms with Gasteiger partial charge in [0, 0.05) is 5.57 Å². The van der Waals surface area contributed by atoms with Gasteiger partial charge in [0.2, 0.25) is 0 Å². The molecule has 1 aromatic carbocycles. The summed E-state index contributed by atoms with van der Waals surface area (Å²) >= 11 is 0. The van der Waals surface area contributed by atoms with Crippen molar-refractivity contribution in [1.29, 1.82) is 0 Å². The number of cyclic esters (lactones) is 1. The zero-order chi connectivity index (χ0) is 12.4. The molecule has 2 atom stereocenters. The fourth-order valence-electron chi connectivity index (χ4n) is 2.23. The van der Waals surface area contributed by atoms with E-state index in [9.17, 15) is 9.18 Å². The van der Waals surface area contributed by atoms with Crippen molar-refractivity contribution in [1.82, 2.24) is 0 Å². The van der Waals surface area contributed by atoms with Crippen LogP contribution in [0, 0.1) is 5.82 Å². The maximum atomic E-state index is 12.9. The Balaban J connectivity index is 2.30. The Morgan fingerprint density at radius 2 is 2.00 bits per heavy atom. The molecule has 17 heavy (non-hydrogen) atoms. The number of carbonyl (C=O) groups excluding carboxylic acids is 1. The lowest BCUT2D eigenvalue weighted by Crippen LogP contribution is -2.14. The van der Waals surface area contributed by atoms with Crippen molar-refractivity contribution in [3.05, 3.63) is 47.8 Å². The molecule has 0 amide bonds. The van der Waals surface area contributed by atoms with E-state index >= 15 is 0 Å². The third kappa shape index (κ3) is 2.23. The number of carbonyl (C=O) groups is 1. The Bertz CT molecular complexity index is 436. The quantitative estimate of drug-likeness (QED) is 0.593. The van der Waals surface area contributed by atoms with Crippen LogP contribution in [0.1, 0.15) is 31.2 Å². The molecule has 0 spiro atoms. The number of benzene rings is 1. The second-order valence-corrected chi connectivity index (χ2v) is 4.29. The Morgan fingerprint density at radius 3 is 2.59 bits per heavy atom. The molecule has 90 valence electrons. The second kappa shape index (κ2) is 4.70. The molecule has 0 bridgehead atoms. The average molecular weight is 234 g/mol. The van der Waals surface area contributed by atoms with Gasteiger partial charge in [-0.1, -0.05) is 32.1 Å². The molecule has 1 fully saturated rings. The minimum Gasteiger partial charge on any atom is -0.458 e. The highest BCUT2D eigenvalue weighted by Crippen LogP contribution is 2.37. The molecule has 0 radical (unpaired) electrons. The first kappa shape index (κ1) is 11.8. The maximum absolute atomic E-state index is 12.9. The summed E-state index contributed by atoms with van der Waals surface area (Å²) in [4.78, 5) is 11.5. The molecule has 0 N–H and O–H groups in total. The normalized spacial score (nSPS) is 23.9. The van der Waals surface area contributed by atoms with E-state index in [1.165, 1.54) is 12.1 Å². The van der Waals surface area contributed by atoms with E-state index in [0.29, 0.717) is 5.57 Å². The monoisotopic (exact) mass is 234 g/mol.